The molecule has 0 aliphatic carbocycles. The van der Waals surface area contributed by atoms with Crippen LogP contribution in [0.1, 0.15) is 33.4 Å². The quantitative estimate of drug-likeness (QED) is 0.559. The van der Waals surface area contributed by atoms with Crippen molar-refractivity contribution in [2.45, 2.75) is 20.0 Å². The maximum Gasteiger partial charge on any atom is 0.231 e. The minimum atomic E-state index is 0.187. The zero-order valence-corrected chi connectivity index (χ0v) is 20.1. The highest BCUT2D eigenvalue weighted by Gasteiger charge is 2.28. The molecule has 3 aromatic rings. The van der Waals surface area contributed by atoms with Gasteiger partial charge < -0.3 is 14.4 Å². The Morgan fingerprint density at radius 2 is 1.77 bits per heavy atom. The fraction of sp³-hybridized carbons (Fsp3) is 0.300. The van der Waals surface area contributed by atoms with Gasteiger partial charge in [0.25, 0.3) is 0 Å². The van der Waals surface area contributed by atoms with Gasteiger partial charge in [-0.1, -0.05) is 42.5 Å². The third kappa shape index (κ3) is 4.38. The van der Waals surface area contributed by atoms with Gasteiger partial charge in [-0.05, 0) is 64.6 Å². The highest BCUT2D eigenvalue weighted by atomic mass is 16.5. The Morgan fingerprint density at radius 1 is 0.914 bits per heavy atom. The van der Waals surface area contributed by atoms with Gasteiger partial charge in [-0.15, -0.1) is 0 Å². The maximum absolute atomic E-state index is 12.9. The first kappa shape index (κ1) is 22.1. The normalized spacial score (nSPS) is 18.6. The van der Waals surface area contributed by atoms with Gasteiger partial charge in [0.1, 0.15) is 12.4 Å². The third-order valence-electron chi connectivity index (χ3n) is 7.21. The van der Waals surface area contributed by atoms with Crippen LogP contribution in [0, 0.1) is 6.92 Å². The molecule has 6 rings (SSSR count). The van der Waals surface area contributed by atoms with Crippen molar-refractivity contribution in [1.29, 1.82) is 0 Å². The standard InChI is InChI=1S/C30H30N2O3/c1-21-6-8-26-27(25-5-3-2-4-23(25)20-35-29(26)16-21)18-22-7-9-28-24(17-22)19-30(33)32(28)11-10-31-12-14-34-15-13-31/h2-9,16-18H,10-15,19-20H2,1H3/b27-18+. The van der Waals surface area contributed by atoms with Gasteiger partial charge in [-0.25, -0.2) is 0 Å². The SMILES string of the molecule is Cc1ccc2c(c1)OCc1ccccc1/C2=C\c1ccc2c(c1)CC(=O)N2CCN1CCOCC1. The van der Waals surface area contributed by atoms with Crippen LogP contribution in [0.15, 0.2) is 60.7 Å². The Hall–Kier alpha value is -3.41. The van der Waals surface area contributed by atoms with E-state index in [1.54, 1.807) is 0 Å². The van der Waals surface area contributed by atoms with Crippen molar-refractivity contribution in [2.75, 3.05) is 44.3 Å². The van der Waals surface area contributed by atoms with Crippen molar-refractivity contribution in [1.82, 2.24) is 4.90 Å². The van der Waals surface area contributed by atoms with Crippen molar-refractivity contribution < 1.29 is 14.3 Å². The van der Waals surface area contributed by atoms with Crippen molar-refractivity contribution in [3.05, 3.63) is 94.0 Å². The van der Waals surface area contributed by atoms with Crippen molar-refractivity contribution >= 4 is 23.2 Å². The smallest absolute Gasteiger partial charge is 0.231 e. The largest absolute Gasteiger partial charge is 0.488 e. The van der Waals surface area contributed by atoms with Crippen LogP contribution >= 0.6 is 0 Å². The van der Waals surface area contributed by atoms with Gasteiger partial charge in [0, 0.05) is 37.4 Å². The summed E-state index contributed by atoms with van der Waals surface area (Å²) in [4.78, 5) is 17.2. The van der Waals surface area contributed by atoms with Crippen LogP contribution in [-0.4, -0.2) is 50.2 Å². The average molecular weight is 467 g/mol. The summed E-state index contributed by atoms with van der Waals surface area (Å²) in [6.07, 6.45) is 2.70. The molecule has 5 nitrogen and oxygen atoms in total. The van der Waals surface area contributed by atoms with Crippen LogP contribution < -0.4 is 9.64 Å². The highest BCUT2D eigenvalue weighted by Crippen LogP contribution is 2.39. The van der Waals surface area contributed by atoms with Crippen LogP contribution in [0.4, 0.5) is 5.69 Å². The summed E-state index contributed by atoms with van der Waals surface area (Å²) >= 11 is 0. The molecule has 0 bridgehead atoms. The van der Waals surface area contributed by atoms with E-state index in [0.29, 0.717) is 13.0 Å². The first-order chi connectivity index (χ1) is 17.2. The van der Waals surface area contributed by atoms with E-state index >= 15 is 0 Å². The molecule has 1 saturated heterocycles. The number of hydrogen-bond donors (Lipinski definition) is 0. The third-order valence-corrected chi connectivity index (χ3v) is 7.21. The molecule has 178 valence electrons. The predicted molar refractivity (Wildman–Crippen MR) is 139 cm³/mol. The Morgan fingerprint density at radius 3 is 2.66 bits per heavy atom. The molecular weight excluding hydrogens is 436 g/mol. The van der Waals surface area contributed by atoms with Gasteiger partial charge in [0.15, 0.2) is 0 Å². The number of carbonyl (C=O) groups excluding carboxylic acids is 1. The molecule has 1 amide bonds. The van der Waals surface area contributed by atoms with Crippen LogP contribution in [-0.2, 0) is 22.6 Å². The Bertz CT molecular complexity index is 1310. The molecule has 3 heterocycles. The lowest BCUT2D eigenvalue weighted by molar-refractivity contribution is -0.117. The van der Waals surface area contributed by atoms with Crippen molar-refractivity contribution in [2.24, 2.45) is 0 Å². The lowest BCUT2D eigenvalue weighted by Crippen LogP contribution is -2.42. The minimum Gasteiger partial charge on any atom is -0.488 e. The van der Waals surface area contributed by atoms with E-state index in [4.69, 9.17) is 9.47 Å². The van der Waals surface area contributed by atoms with Crippen molar-refractivity contribution in [3.63, 3.8) is 0 Å². The van der Waals surface area contributed by atoms with Gasteiger partial charge in [-0.3, -0.25) is 9.69 Å². The molecule has 0 aromatic heterocycles. The Balaban J connectivity index is 1.33. The number of anilines is 1. The number of amides is 1. The summed E-state index contributed by atoms with van der Waals surface area (Å²) in [5, 5.41) is 0. The average Bonchev–Trinajstić information content (AvgIpc) is 3.11. The lowest BCUT2D eigenvalue weighted by atomic mass is 9.92. The number of hydrogen-bond acceptors (Lipinski definition) is 4. The van der Waals surface area contributed by atoms with Gasteiger partial charge >= 0.3 is 0 Å². The number of benzene rings is 3. The molecule has 1 fully saturated rings. The summed E-state index contributed by atoms with van der Waals surface area (Å²) < 4.78 is 11.6. The summed E-state index contributed by atoms with van der Waals surface area (Å²) in [7, 11) is 0. The molecule has 3 aliphatic heterocycles. The van der Waals surface area contributed by atoms with E-state index in [0.717, 1.165) is 73.1 Å². The fourth-order valence-electron chi connectivity index (χ4n) is 5.31. The van der Waals surface area contributed by atoms with E-state index < -0.39 is 0 Å². The molecule has 0 unspecified atom stereocenters. The molecule has 0 atom stereocenters. The second-order valence-corrected chi connectivity index (χ2v) is 9.57. The van der Waals surface area contributed by atoms with Gasteiger partial charge in [0.2, 0.25) is 5.91 Å². The number of rotatable bonds is 4. The lowest BCUT2D eigenvalue weighted by Gasteiger charge is -2.28. The second-order valence-electron chi connectivity index (χ2n) is 9.57. The van der Waals surface area contributed by atoms with Crippen molar-refractivity contribution in [3.8, 4) is 5.75 Å². The second kappa shape index (κ2) is 9.33. The molecule has 0 N–H and O–H groups in total. The molecule has 3 aliphatic rings. The number of carbonyl (C=O) groups is 1. The molecule has 3 aromatic carbocycles. The van der Waals surface area contributed by atoms with E-state index in [1.807, 2.05) is 4.90 Å². The van der Waals surface area contributed by atoms with E-state index in [-0.39, 0.29) is 5.91 Å². The van der Waals surface area contributed by atoms with E-state index in [9.17, 15) is 4.79 Å². The first-order valence-corrected chi connectivity index (χ1v) is 12.4. The number of aryl methyl sites for hydroxylation is 1. The fourth-order valence-corrected chi connectivity index (χ4v) is 5.31. The monoisotopic (exact) mass is 466 g/mol. The predicted octanol–water partition coefficient (Wildman–Crippen LogP) is 4.70. The molecule has 5 heteroatoms. The van der Waals surface area contributed by atoms with Crippen LogP contribution in [0.5, 0.6) is 5.75 Å². The number of morpholine rings is 1. The topological polar surface area (TPSA) is 42.0 Å². The van der Waals surface area contributed by atoms with Crippen LogP contribution in [0.2, 0.25) is 0 Å². The van der Waals surface area contributed by atoms with Gasteiger partial charge in [0.05, 0.1) is 19.6 Å². The first-order valence-electron chi connectivity index (χ1n) is 12.4. The summed E-state index contributed by atoms with van der Waals surface area (Å²) in [6.45, 7) is 7.69. The van der Waals surface area contributed by atoms with Crippen LogP contribution in [0.25, 0.3) is 11.6 Å². The minimum absolute atomic E-state index is 0.187. The molecule has 35 heavy (non-hydrogen) atoms. The molecule has 0 radical (unpaired) electrons. The summed E-state index contributed by atoms with van der Waals surface area (Å²) in [6, 6.07) is 21.3. The zero-order chi connectivity index (χ0) is 23.8. The Kier molecular flexibility index (Phi) is 5.88. The molecular formula is C30H30N2O3. The molecule has 0 spiro atoms. The van der Waals surface area contributed by atoms with Gasteiger partial charge in [-0.2, -0.15) is 0 Å². The highest BCUT2D eigenvalue weighted by molar-refractivity contribution is 6.02. The zero-order valence-electron chi connectivity index (χ0n) is 20.1. The summed E-state index contributed by atoms with van der Waals surface area (Å²) in [5.74, 6) is 1.10. The number of ether oxygens (including phenoxy) is 2. The van der Waals surface area contributed by atoms with E-state index in [2.05, 4.69) is 78.6 Å². The maximum atomic E-state index is 12.9. The van der Waals surface area contributed by atoms with Crippen LogP contribution in [0.3, 0.4) is 0 Å². The summed E-state index contributed by atoms with van der Waals surface area (Å²) in [5.41, 5.74) is 9.06. The number of fused-ring (bicyclic) bond motifs is 3. The molecule has 0 saturated carbocycles. The Labute approximate surface area is 206 Å². The number of nitrogens with zero attached hydrogens (tertiary/aromatic N) is 2. The van der Waals surface area contributed by atoms with E-state index in [1.165, 1.54) is 16.7 Å².